The van der Waals surface area contributed by atoms with Crippen molar-refractivity contribution in [2.45, 2.75) is 53.0 Å². The average molecular weight is 447 g/mol. The zero-order valence-electron chi connectivity index (χ0n) is 20.0. The van der Waals surface area contributed by atoms with E-state index >= 15 is 0 Å². The largest absolute Gasteiger partial charge is 0.493 e. The van der Waals surface area contributed by atoms with Crippen molar-refractivity contribution < 1.29 is 14.3 Å². The fourth-order valence-corrected chi connectivity index (χ4v) is 4.51. The molecule has 2 aromatic carbocycles. The molecule has 2 aromatic rings. The predicted molar refractivity (Wildman–Crippen MR) is 130 cm³/mol. The molecular formula is C28H34N2O3. The first-order valence-corrected chi connectivity index (χ1v) is 12.1. The first kappa shape index (κ1) is 23.1. The number of hydrogen-bond acceptors (Lipinski definition) is 4. The second-order valence-corrected chi connectivity index (χ2v) is 9.36. The standard InChI is InChI=1S/C28H34N2O3/c1-4-5-8-16-30-27(31)25(22-11-13-24(14-12-22)33-19-20(2)3)26(28(30)32)29-17-15-21-9-6-7-10-23(21)18-29/h6-7,9-14,20H,4-5,8,15-19H2,1-3H3. The molecule has 0 fully saturated rings. The van der Waals surface area contributed by atoms with Gasteiger partial charge >= 0.3 is 0 Å². The van der Waals surface area contributed by atoms with Crippen LogP contribution in [0.15, 0.2) is 54.2 Å². The van der Waals surface area contributed by atoms with Gasteiger partial charge in [0.25, 0.3) is 11.8 Å². The Balaban J connectivity index is 1.66. The molecule has 2 aliphatic rings. The van der Waals surface area contributed by atoms with Crippen molar-refractivity contribution in [3.8, 4) is 5.75 Å². The minimum absolute atomic E-state index is 0.161. The molecule has 2 heterocycles. The van der Waals surface area contributed by atoms with E-state index in [2.05, 4.69) is 43.9 Å². The molecule has 0 saturated carbocycles. The lowest BCUT2D eigenvalue weighted by molar-refractivity contribution is -0.137. The van der Waals surface area contributed by atoms with Crippen molar-refractivity contribution in [2.75, 3.05) is 19.7 Å². The summed E-state index contributed by atoms with van der Waals surface area (Å²) in [6.07, 6.45) is 3.75. The first-order chi connectivity index (χ1) is 16.0. The van der Waals surface area contributed by atoms with Crippen LogP contribution in [-0.2, 0) is 22.6 Å². The van der Waals surface area contributed by atoms with E-state index in [1.54, 1.807) is 0 Å². The zero-order valence-corrected chi connectivity index (χ0v) is 20.0. The Kier molecular flexibility index (Phi) is 7.17. The van der Waals surface area contributed by atoms with Gasteiger partial charge in [-0.1, -0.05) is 70.0 Å². The number of carbonyl (C=O) groups is 2. The van der Waals surface area contributed by atoms with Crippen LogP contribution in [0.5, 0.6) is 5.75 Å². The number of benzene rings is 2. The first-order valence-electron chi connectivity index (χ1n) is 12.1. The predicted octanol–water partition coefficient (Wildman–Crippen LogP) is 5.05. The Morgan fingerprint density at radius 1 is 0.939 bits per heavy atom. The lowest BCUT2D eigenvalue weighted by Gasteiger charge is -2.31. The van der Waals surface area contributed by atoms with Gasteiger partial charge in [-0.05, 0) is 47.6 Å². The van der Waals surface area contributed by atoms with E-state index in [1.165, 1.54) is 16.0 Å². The fraction of sp³-hybridized carbons (Fsp3) is 0.429. The van der Waals surface area contributed by atoms with Gasteiger partial charge in [-0.2, -0.15) is 0 Å². The number of imide groups is 1. The van der Waals surface area contributed by atoms with Gasteiger partial charge in [-0.25, -0.2) is 0 Å². The third-order valence-corrected chi connectivity index (χ3v) is 6.30. The van der Waals surface area contributed by atoms with Crippen LogP contribution in [0.25, 0.3) is 5.57 Å². The molecule has 0 spiro atoms. The lowest BCUT2D eigenvalue weighted by Crippen LogP contribution is -2.37. The number of carbonyl (C=O) groups excluding carboxylic acids is 2. The third-order valence-electron chi connectivity index (χ3n) is 6.30. The number of fused-ring (bicyclic) bond motifs is 1. The van der Waals surface area contributed by atoms with Crippen molar-refractivity contribution in [1.29, 1.82) is 0 Å². The molecule has 5 heteroatoms. The van der Waals surface area contributed by atoms with Crippen molar-refractivity contribution in [2.24, 2.45) is 5.92 Å². The quantitative estimate of drug-likeness (QED) is 0.400. The minimum atomic E-state index is -0.180. The van der Waals surface area contributed by atoms with E-state index in [9.17, 15) is 9.59 Å². The molecule has 0 bridgehead atoms. The van der Waals surface area contributed by atoms with Gasteiger partial charge in [0.15, 0.2) is 0 Å². The molecule has 0 aliphatic carbocycles. The molecule has 0 atom stereocenters. The Morgan fingerprint density at radius 3 is 2.36 bits per heavy atom. The third kappa shape index (κ3) is 4.97. The summed E-state index contributed by atoms with van der Waals surface area (Å²) in [4.78, 5) is 30.6. The second kappa shape index (κ2) is 10.2. The van der Waals surface area contributed by atoms with Crippen molar-refractivity contribution in [3.05, 3.63) is 70.9 Å². The fourth-order valence-electron chi connectivity index (χ4n) is 4.51. The van der Waals surface area contributed by atoms with Gasteiger partial charge in [0.05, 0.1) is 12.2 Å². The van der Waals surface area contributed by atoms with E-state index in [4.69, 9.17) is 4.74 Å². The number of amides is 2. The average Bonchev–Trinajstić information content (AvgIpc) is 3.07. The summed E-state index contributed by atoms with van der Waals surface area (Å²) >= 11 is 0. The van der Waals surface area contributed by atoms with Crippen LogP contribution in [0.3, 0.4) is 0 Å². The summed E-state index contributed by atoms with van der Waals surface area (Å²) in [6.45, 7) is 8.83. The molecule has 2 aliphatic heterocycles. The van der Waals surface area contributed by atoms with Gasteiger partial charge in [-0.3, -0.25) is 14.5 Å². The number of ether oxygens (including phenoxy) is 1. The highest BCUT2D eigenvalue weighted by molar-refractivity contribution is 6.35. The number of rotatable bonds is 9. The normalized spacial score (nSPS) is 16.1. The summed E-state index contributed by atoms with van der Waals surface area (Å²) in [6, 6.07) is 16.0. The summed E-state index contributed by atoms with van der Waals surface area (Å²) in [7, 11) is 0. The molecule has 2 amide bonds. The van der Waals surface area contributed by atoms with Crippen LogP contribution in [0.1, 0.15) is 56.7 Å². The van der Waals surface area contributed by atoms with E-state index in [-0.39, 0.29) is 11.8 Å². The number of unbranched alkanes of at least 4 members (excludes halogenated alkanes) is 2. The molecular weight excluding hydrogens is 412 g/mol. The van der Waals surface area contributed by atoms with Crippen LogP contribution in [0.2, 0.25) is 0 Å². The summed E-state index contributed by atoms with van der Waals surface area (Å²) in [5.41, 5.74) is 4.38. The van der Waals surface area contributed by atoms with E-state index in [0.717, 1.165) is 43.5 Å². The van der Waals surface area contributed by atoms with E-state index in [0.29, 0.717) is 36.9 Å². The van der Waals surface area contributed by atoms with Gasteiger partial charge < -0.3 is 9.64 Å². The minimum Gasteiger partial charge on any atom is -0.493 e. The number of nitrogens with zero attached hydrogens (tertiary/aromatic N) is 2. The van der Waals surface area contributed by atoms with Gasteiger partial charge in [0.2, 0.25) is 0 Å². The van der Waals surface area contributed by atoms with Gasteiger partial charge in [0, 0.05) is 19.6 Å². The Bertz CT molecular complexity index is 1040. The van der Waals surface area contributed by atoms with E-state index < -0.39 is 0 Å². The highest BCUT2D eigenvalue weighted by Gasteiger charge is 2.41. The Morgan fingerprint density at radius 2 is 1.67 bits per heavy atom. The Labute approximate surface area is 197 Å². The van der Waals surface area contributed by atoms with Crippen LogP contribution in [-0.4, -0.2) is 41.3 Å². The molecule has 0 aromatic heterocycles. The van der Waals surface area contributed by atoms with Crippen molar-refractivity contribution >= 4 is 17.4 Å². The summed E-state index contributed by atoms with van der Waals surface area (Å²) in [5, 5.41) is 0. The Hall–Kier alpha value is -3.08. The molecule has 33 heavy (non-hydrogen) atoms. The van der Waals surface area contributed by atoms with Crippen LogP contribution >= 0.6 is 0 Å². The second-order valence-electron chi connectivity index (χ2n) is 9.36. The van der Waals surface area contributed by atoms with Gasteiger partial charge in [0.1, 0.15) is 11.4 Å². The van der Waals surface area contributed by atoms with Crippen LogP contribution in [0.4, 0.5) is 0 Å². The van der Waals surface area contributed by atoms with Crippen molar-refractivity contribution in [1.82, 2.24) is 9.80 Å². The lowest BCUT2D eigenvalue weighted by atomic mass is 9.98. The highest BCUT2D eigenvalue weighted by Crippen LogP contribution is 2.35. The SMILES string of the molecule is CCCCCN1C(=O)C(c2ccc(OCC(C)C)cc2)=C(N2CCc3ccccc3C2)C1=O. The maximum Gasteiger partial charge on any atom is 0.277 e. The maximum absolute atomic E-state index is 13.5. The summed E-state index contributed by atoms with van der Waals surface area (Å²) in [5.74, 6) is 0.871. The van der Waals surface area contributed by atoms with Crippen molar-refractivity contribution in [3.63, 3.8) is 0 Å². The topological polar surface area (TPSA) is 49.9 Å². The molecule has 5 nitrogen and oxygen atoms in total. The molecule has 174 valence electrons. The van der Waals surface area contributed by atoms with Crippen LogP contribution < -0.4 is 4.74 Å². The van der Waals surface area contributed by atoms with Gasteiger partial charge in [-0.15, -0.1) is 0 Å². The molecule has 0 unspecified atom stereocenters. The summed E-state index contributed by atoms with van der Waals surface area (Å²) < 4.78 is 5.81. The maximum atomic E-state index is 13.5. The zero-order chi connectivity index (χ0) is 23.4. The smallest absolute Gasteiger partial charge is 0.277 e. The van der Waals surface area contributed by atoms with Crippen LogP contribution in [0, 0.1) is 5.92 Å². The molecule has 0 N–H and O–H groups in total. The molecule has 0 saturated heterocycles. The number of hydrogen-bond donors (Lipinski definition) is 0. The highest BCUT2D eigenvalue weighted by atomic mass is 16.5. The van der Waals surface area contributed by atoms with E-state index in [1.807, 2.05) is 30.3 Å². The molecule has 4 rings (SSSR count). The molecule has 0 radical (unpaired) electrons. The monoisotopic (exact) mass is 446 g/mol.